The number of benzene rings is 2. The van der Waals surface area contributed by atoms with Gasteiger partial charge in [0, 0.05) is 5.02 Å². The van der Waals surface area contributed by atoms with Crippen molar-refractivity contribution in [1.29, 1.82) is 0 Å². The van der Waals surface area contributed by atoms with Crippen LogP contribution < -0.4 is 4.74 Å². The fourth-order valence-corrected chi connectivity index (χ4v) is 4.08. The molecule has 1 N–H and O–H groups in total. The number of rotatable bonds is 6. The van der Waals surface area contributed by atoms with E-state index in [1.165, 1.54) is 4.90 Å². The predicted octanol–water partition coefficient (Wildman–Crippen LogP) is 4.64. The highest BCUT2D eigenvalue weighted by molar-refractivity contribution is 14.1. The summed E-state index contributed by atoms with van der Waals surface area (Å²) in [6, 6.07) is 12.1. The molecule has 0 spiro atoms. The summed E-state index contributed by atoms with van der Waals surface area (Å²) >= 11 is 8.77. The number of carboxylic acid groups (broad SMARTS) is 1. The number of aliphatic carboxylic acids is 1. The van der Waals surface area contributed by atoms with Crippen LogP contribution in [0.4, 0.5) is 4.79 Å². The standard InChI is InChI=1S/C19H13ClINO5S/c20-13-4-1-11(2-5-13)9-22-18(25)16(28-19(22)26)8-12-3-6-15(14(21)7-12)27-10-17(23)24/h1-8H,9-10H2,(H,23,24)/b16-8-. The molecule has 0 radical (unpaired) electrons. The monoisotopic (exact) mass is 529 g/mol. The van der Waals surface area contributed by atoms with Gasteiger partial charge in [-0.3, -0.25) is 14.5 Å². The van der Waals surface area contributed by atoms with E-state index in [9.17, 15) is 14.4 Å². The van der Waals surface area contributed by atoms with Crippen molar-refractivity contribution in [2.24, 2.45) is 0 Å². The highest BCUT2D eigenvalue weighted by atomic mass is 127. The zero-order chi connectivity index (χ0) is 20.3. The molecule has 1 fully saturated rings. The summed E-state index contributed by atoms with van der Waals surface area (Å²) in [7, 11) is 0. The van der Waals surface area contributed by atoms with Crippen LogP contribution in [0, 0.1) is 3.57 Å². The molecule has 144 valence electrons. The van der Waals surface area contributed by atoms with E-state index in [0.29, 0.717) is 24.8 Å². The van der Waals surface area contributed by atoms with Crippen molar-refractivity contribution >= 4 is 69.1 Å². The Morgan fingerprint density at radius 1 is 1.21 bits per heavy atom. The molecule has 1 aliphatic heterocycles. The number of thioether (sulfide) groups is 1. The van der Waals surface area contributed by atoms with Gasteiger partial charge in [-0.2, -0.15) is 0 Å². The first kappa shape index (κ1) is 20.7. The van der Waals surface area contributed by atoms with Crippen LogP contribution >= 0.6 is 46.0 Å². The molecule has 9 heteroatoms. The minimum Gasteiger partial charge on any atom is -0.481 e. The molecule has 3 rings (SSSR count). The van der Waals surface area contributed by atoms with Crippen molar-refractivity contribution in [2.45, 2.75) is 6.54 Å². The van der Waals surface area contributed by atoms with Crippen LogP contribution in [0.3, 0.4) is 0 Å². The highest BCUT2D eigenvalue weighted by Gasteiger charge is 2.34. The van der Waals surface area contributed by atoms with Gasteiger partial charge in [-0.15, -0.1) is 0 Å². The summed E-state index contributed by atoms with van der Waals surface area (Å²) < 4.78 is 5.88. The first-order valence-electron chi connectivity index (χ1n) is 7.97. The maximum atomic E-state index is 12.6. The molecule has 2 aromatic rings. The van der Waals surface area contributed by atoms with Gasteiger partial charge in [0.2, 0.25) is 0 Å². The molecule has 0 bridgehead atoms. The van der Waals surface area contributed by atoms with Crippen molar-refractivity contribution in [3.8, 4) is 5.75 Å². The molecule has 0 unspecified atom stereocenters. The number of carbonyl (C=O) groups is 3. The van der Waals surface area contributed by atoms with E-state index in [2.05, 4.69) is 0 Å². The summed E-state index contributed by atoms with van der Waals surface area (Å²) in [6.07, 6.45) is 1.63. The summed E-state index contributed by atoms with van der Waals surface area (Å²) in [5.74, 6) is -0.976. The third kappa shape index (κ3) is 5.06. The normalized spacial score (nSPS) is 15.4. The lowest BCUT2D eigenvalue weighted by Gasteiger charge is -2.12. The zero-order valence-corrected chi connectivity index (χ0v) is 18.0. The number of hydrogen-bond acceptors (Lipinski definition) is 5. The van der Waals surface area contributed by atoms with Gasteiger partial charge in [0.1, 0.15) is 5.75 Å². The summed E-state index contributed by atoms with van der Waals surface area (Å²) in [4.78, 5) is 37.0. The third-order valence-electron chi connectivity index (χ3n) is 3.73. The van der Waals surface area contributed by atoms with Gasteiger partial charge in [0.15, 0.2) is 6.61 Å². The maximum absolute atomic E-state index is 12.6. The SMILES string of the molecule is O=C(O)COc1ccc(/C=C2\SC(=O)N(Cc3ccc(Cl)cc3)C2=O)cc1I. The third-order valence-corrected chi connectivity index (χ3v) is 5.73. The largest absolute Gasteiger partial charge is 0.481 e. The van der Waals surface area contributed by atoms with Crippen LogP contribution in [0.5, 0.6) is 5.75 Å². The van der Waals surface area contributed by atoms with E-state index < -0.39 is 12.6 Å². The lowest BCUT2D eigenvalue weighted by atomic mass is 10.2. The predicted molar refractivity (Wildman–Crippen MR) is 115 cm³/mol. The minimum atomic E-state index is -1.06. The van der Waals surface area contributed by atoms with Crippen molar-refractivity contribution < 1.29 is 24.2 Å². The van der Waals surface area contributed by atoms with Crippen LogP contribution in [0.25, 0.3) is 6.08 Å². The van der Waals surface area contributed by atoms with Crippen molar-refractivity contribution in [1.82, 2.24) is 4.90 Å². The molecule has 1 aliphatic rings. The Morgan fingerprint density at radius 2 is 1.93 bits per heavy atom. The first-order valence-corrected chi connectivity index (χ1v) is 10.2. The average Bonchev–Trinajstić information content (AvgIpc) is 2.90. The van der Waals surface area contributed by atoms with Crippen LogP contribution in [0.2, 0.25) is 5.02 Å². The summed E-state index contributed by atoms with van der Waals surface area (Å²) in [5, 5.41) is 8.94. The lowest BCUT2D eigenvalue weighted by molar-refractivity contribution is -0.139. The number of carboxylic acids is 1. The van der Waals surface area contributed by atoms with Crippen molar-refractivity contribution in [3.63, 3.8) is 0 Å². The number of carbonyl (C=O) groups excluding carboxylic acids is 2. The van der Waals surface area contributed by atoms with Gasteiger partial charge in [0.25, 0.3) is 11.1 Å². The molecule has 1 saturated heterocycles. The Bertz CT molecular complexity index is 977. The fourth-order valence-electron chi connectivity index (χ4n) is 2.42. The molecule has 0 saturated carbocycles. The van der Waals surface area contributed by atoms with Gasteiger partial charge in [-0.1, -0.05) is 29.8 Å². The molecule has 28 heavy (non-hydrogen) atoms. The van der Waals surface area contributed by atoms with Gasteiger partial charge in [-0.05, 0) is 75.8 Å². The van der Waals surface area contributed by atoms with Gasteiger partial charge in [0.05, 0.1) is 15.0 Å². The number of nitrogens with zero attached hydrogens (tertiary/aromatic N) is 1. The second-order valence-electron chi connectivity index (χ2n) is 5.77. The number of hydrogen-bond donors (Lipinski definition) is 1. The molecule has 2 amide bonds. The fraction of sp³-hybridized carbons (Fsp3) is 0.105. The topological polar surface area (TPSA) is 83.9 Å². The van der Waals surface area contributed by atoms with E-state index in [-0.39, 0.29) is 17.7 Å². The summed E-state index contributed by atoms with van der Waals surface area (Å²) in [5.41, 5.74) is 1.52. The Hall–Kier alpha value is -2.04. The van der Waals surface area contributed by atoms with E-state index in [4.69, 9.17) is 21.4 Å². The molecule has 0 aromatic heterocycles. The molecule has 0 atom stereocenters. The van der Waals surface area contributed by atoms with Crippen LogP contribution in [-0.2, 0) is 16.1 Å². The van der Waals surface area contributed by atoms with Gasteiger partial charge >= 0.3 is 5.97 Å². The molecule has 2 aromatic carbocycles. The Balaban J connectivity index is 1.75. The number of halogens is 2. The van der Waals surface area contributed by atoms with Gasteiger partial charge in [-0.25, -0.2) is 4.79 Å². The zero-order valence-electron chi connectivity index (χ0n) is 14.2. The lowest BCUT2D eigenvalue weighted by Crippen LogP contribution is -2.27. The molecular weight excluding hydrogens is 517 g/mol. The first-order chi connectivity index (χ1) is 13.3. The molecule has 0 aliphatic carbocycles. The van der Waals surface area contributed by atoms with Crippen LogP contribution in [-0.4, -0.2) is 33.7 Å². The number of ether oxygens (including phenoxy) is 1. The quantitative estimate of drug-likeness (QED) is 0.433. The second-order valence-corrected chi connectivity index (χ2v) is 8.36. The van der Waals surface area contributed by atoms with E-state index in [1.54, 1.807) is 48.5 Å². The van der Waals surface area contributed by atoms with E-state index in [1.807, 2.05) is 22.6 Å². The molecular formula is C19H13ClINO5S. The number of amides is 2. The maximum Gasteiger partial charge on any atom is 0.341 e. The van der Waals surface area contributed by atoms with E-state index in [0.717, 1.165) is 17.3 Å². The molecule has 1 heterocycles. The highest BCUT2D eigenvalue weighted by Crippen LogP contribution is 2.34. The smallest absolute Gasteiger partial charge is 0.341 e. The van der Waals surface area contributed by atoms with Gasteiger partial charge < -0.3 is 9.84 Å². The summed E-state index contributed by atoms with van der Waals surface area (Å²) in [6.45, 7) is -0.252. The average molecular weight is 530 g/mol. The van der Waals surface area contributed by atoms with Crippen molar-refractivity contribution in [2.75, 3.05) is 6.61 Å². The molecule has 6 nitrogen and oxygen atoms in total. The van der Waals surface area contributed by atoms with Crippen LogP contribution in [0.15, 0.2) is 47.4 Å². The van der Waals surface area contributed by atoms with Crippen molar-refractivity contribution in [3.05, 3.63) is 67.1 Å². The van der Waals surface area contributed by atoms with E-state index >= 15 is 0 Å². The number of imide groups is 1. The Labute approximate surface area is 183 Å². The van der Waals surface area contributed by atoms with Crippen LogP contribution in [0.1, 0.15) is 11.1 Å². The Morgan fingerprint density at radius 3 is 2.57 bits per heavy atom. The minimum absolute atomic E-state index is 0.179. The Kier molecular flexibility index (Phi) is 6.63. The second kappa shape index (κ2) is 8.97.